The third kappa shape index (κ3) is 2.44. The van der Waals surface area contributed by atoms with E-state index in [0.717, 1.165) is 6.20 Å². The van der Waals surface area contributed by atoms with Crippen LogP contribution in [0.15, 0.2) is 6.20 Å². The molecule has 114 valence electrons. The van der Waals surface area contributed by atoms with Gasteiger partial charge in [0.1, 0.15) is 11.7 Å². The fraction of sp³-hybridized carbons (Fsp3) is 0.545. The Balaban J connectivity index is 2.54. The van der Waals surface area contributed by atoms with Crippen molar-refractivity contribution in [2.24, 2.45) is 5.84 Å². The highest BCUT2D eigenvalue weighted by Crippen LogP contribution is 2.33. The second kappa shape index (κ2) is 5.13. The van der Waals surface area contributed by atoms with E-state index in [-0.39, 0.29) is 23.4 Å². The Morgan fingerprint density at radius 3 is 2.71 bits per heavy atom. The number of amides is 1. The molecular formula is C11H17N7O3. The minimum Gasteiger partial charge on any atom is -0.342 e. The third-order valence-electron chi connectivity index (χ3n) is 3.54. The van der Waals surface area contributed by atoms with Crippen molar-refractivity contribution in [2.75, 3.05) is 30.5 Å². The first-order valence-corrected chi connectivity index (χ1v) is 6.30. The quantitative estimate of drug-likeness (QED) is 0.442. The highest BCUT2D eigenvalue weighted by atomic mass is 16.6. The van der Waals surface area contributed by atoms with E-state index in [1.54, 1.807) is 30.7 Å². The first kappa shape index (κ1) is 14.9. The standard InChI is InChI=1S/C11H17N7O3/c1-11(2)9(19)16(3)4-5-17(11)8-7(18(20)21)6-13-10(14-8)15-12/h6H,4-5,12H2,1-3H3,(H,13,14,15). The first-order valence-electron chi connectivity index (χ1n) is 6.30. The maximum Gasteiger partial charge on any atom is 0.329 e. The van der Waals surface area contributed by atoms with Crippen LogP contribution in [0, 0.1) is 10.1 Å². The van der Waals surface area contributed by atoms with E-state index in [9.17, 15) is 14.9 Å². The van der Waals surface area contributed by atoms with Gasteiger partial charge in [-0.2, -0.15) is 4.98 Å². The van der Waals surface area contributed by atoms with Crippen molar-refractivity contribution in [2.45, 2.75) is 19.4 Å². The number of carbonyl (C=O) groups excluding carboxylic acids is 1. The van der Waals surface area contributed by atoms with Gasteiger partial charge in [-0.25, -0.2) is 10.8 Å². The van der Waals surface area contributed by atoms with Crippen molar-refractivity contribution in [3.63, 3.8) is 0 Å². The molecule has 1 amide bonds. The van der Waals surface area contributed by atoms with Gasteiger partial charge in [-0.1, -0.05) is 0 Å². The van der Waals surface area contributed by atoms with Gasteiger partial charge < -0.3 is 9.80 Å². The molecule has 1 fully saturated rings. The van der Waals surface area contributed by atoms with Gasteiger partial charge in [0.2, 0.25) is 17.7 Å². The van der Waals surface area contributed by atoms with Gasteiger partial charge in [0, 0.05) is 20.1 Å². The molecule has 0 spiro atoms. The number of aromatic nitrogens is 2. The van der Waals surface area contributed by atoms with E-state index < -0.39 is 10.5 Å². The molecule has 0 aromatic carbocycles. The van der Waals surface area contributed by atoms with Crippen molar-refractivity contribution in [3.8, 4) is 0 Å². The number of carbonyl (C=O) groups is 1. The van der Waals surface area contributed by atoms with E-state index in [4.69, 9.17) is 5.84 Å². The van der Waals surface area contributed by atoms with Crippen LogP contribution in [0.3, 0.4) is 0 Å². The van der Waals surface area contributed by atoms with Crippen LogP contribution in [0.5, 0.6) is 0 Å². The highest BCUT2D eigenvalue weighted by Gasteiger charge is 2.43. The average Bonchev–Trinajstić information content (AvgIpc) is 2.44. The molecule has 1 aromatic heterocycles. The number of nitrogens with one attached hydrogen (secondary N) is 1. The van der Waals surface area contributed by atoms with Gasteiger partial charge >= 0.3 is 5.69 Å². The summed E-state index contributed by atoms with van der Waals surface area (Å²) in [6, 6.07) is 0. The van der Waals surface area contributed by atoms with Gasteiger partial charge in [0.15, 0.2) is 0 Å². The Morgan fingerprint density at radius 2 is 2.14 bits per heavy atom. The summed E-state index contributed by atoms with van der Waals surface area (Å²) in [6.07, 6.45) is 1.08. The van der Waals surface area contributed by atoms with Gasteiger partial charge in [0.25, 0.3) is 0 Å². The van der Waals surface area contributed by atoms with Crippen LogP contribution >= 0.6 is 0 Å². The van der Waals surface area contributed by atoms with Crippen molar-refractivity contribution in [1.29, 1.82) is 0 Å². The van der Waals surface area contributed by atoms with E-state index in [0.29, 0.717) is 13.1 Å². The van der Waals surface area contributed by atoms with Crippen LogP contribution in [-0.4, -0.2) is 51.4 Å². The van der Waals surface area contributed by atoms with Crippen LogP contribution in [0.25, 0.3) is 0 Å². The highest BCUT2D eigenvalue weighted by molar-refractivity contribution is 5.90. The summed E-state index contributed by atoms with van der Waals surface area (Å²) in [5, 5.41) is 11.2. The number of hydrogen-bond acceptors (Lipinski definition) is 8. The summed E-state index contributed by atoms with van der Waals surface area (Å²) >= 11 is 0. The number of likely N-dealkylation sites (N-methyl/N-ethyl adjacent to an activating group) is 1. The van der Waals surface area contributed by atoms with Crippen molar-refractivity contribution in [3.05, 3.63) is 16.3 Å². The van der Waals surface area contributed by atoms with Crippen molar-refractivity contribution < 1.29 is 9.72 Å². The fourth-order valence-electron chi connectivity index (χ4n) is 2.35. The minimum atomic E-state index is -0.946. The molecule has 10 nitrogen and oxygen atoms in total. The van der Waals surface area contributed by atoms with Gasteiger partial charge in [-0.05, 0) is 13.8 Å². The number of hydrogen-bond donors (Lipinski definition) is 2. The molecule has 0 unspecified atom stereocenters. The van der Waals surface area contributed by atoms with Crippen LogP contribution in [0.4, 0.5) is 17.5 Å². The molecule has 0 bridgehead atoms. The topological polar surface area (TPSA) is 131 Å². The summed E-state index contributed by atoms with van der Waals surface area (Å²) in [5.41, 5.74) is 1.04. The Morgan fingerprint density at radius 1 is 1.48 bits per heavy atom. The first-order chi connectivity index (χ1) is 9.78. The number of piperazine rings is 1. The summed E-state index contributed by atoms with van der Waals surface area (Å²) in [7, 11) is 1.70. The van der Waals surface area contributed by atoms with E-state index in [1.807, 2.05) is 0 Å². The fourth-order valence-corrected chi connectivity index (χ4v) is 2.35. The molecule has 0 radical (unpaired) electrons. The Bertz CT molecular complexity index is 589. The van der Waals surface area contributed by atoms with E-state index >= 15 is 0 Å². The summed E-state index contributed by atoms with van der Waals surface area (Å²) in [5.74, 6) is 5.25. The zero-order valence-corrected chi connectivity index (χ0v) is 12.0. The maximum absolute atomic E-state index is 12.3. The second-order valence-electron chi connectivity index (χ2n) is 5.24. The molecule has 0 atom stereocenters. The number of rotatable bonds is 3. The molecule has 0 saturated carbocycles. The molecule has 21 heavy (non-hydrogen) atoms. The van der Waals surface area contributed by atoms with Crippen LogP contribution in [0.2, 0.25) is 0 Å². The molecule has 0 aliphatic carbocycles. The third-order valence-corrected chi connectivity index (χ3v) is 3.54. The van der Waals surface area contributed by atoms with Crippen LogP contribution < -0.4 is 16.2 Å². The SMILES string of the molecule is CN1CCN(c2nc(NN)ncc2[N+](=O)[O-])C(C)(C)C1=O. The predicted octanol–water partition coefficient (Wildman–Crippen LogP) is -0.273. The summed E-state index contributed by atoms with van der Waals surface area (Å²) in [6.45, 7) is 4.28. The van der Waals surface area contributed by atoms with Gasteiger partial charge in [0.05, 0.1) is 4.92 Å². The van der Waals surface area contributed by atoms with Crippen molar-refractivity contribution >= 4 is 23.4 Å². The van der Waals surface area contributed by atoms with E-state index in [1.165, 1.54) is 0 Å². The molecular weight excluding hydrogens is 278 g/mol. The number of hydrazine groups is 1. The zero-order valence-electron chi connectivity index (χ0n) is 12.0. The lowest BCUT2D eigenvalue weighted by molar-refractivity contribution is -0.384. The molecule has 1 aliphatic rings. The lowest BCUT2D eigenvalue weighted by Crippen LogP contribution is -2.62. The molecule has 2 heterocycles. The monoisotopic (exact) mass is 295 g/mol. The number of nitro groups is 1. The zero-order chi connectivity index (χ0) is 15.8. The average molecular weight is 295 g/mol. The molecule has 1 aromatic rings. The summed E-state index contributed by atoms with van der Waals surface area (Å²) < 4.78 is 0. The van der Waals surface area contributed by atoms with Gasteiger partial charge in [-0.15, -0.1) is 0 Å². The number of anilines is 2. The molecule has 1 saturated heterocycles. The van der Waals surface area contributed by atoms with Crippen LogP contribution in [-0.2, 0) is 4.79 Å². The Labute approximate surface area is 121 Å². The number of nitrogens with zero attached hydrogens (tertiary/aromatic N) is 5. The van der Waals surface area contributed by atoms with E-state index in [2.05, 4.69) is 15.4 Å². The predicted molar refractivity (Wildman–Crippen MR) is 75.6 cm³/mol. The lowest BCUT2D eigenvalue weighted by Gasteiger charge is -2.44. The second-order valence-corrected chi connectivity index (χ2v) is 5.24. The molecule has 3 N–H and O–H groups in total. The lowest BCUT2D eigenvalue weighted by atomic mass is 9.97. The summed E-state index contributed by atoms with van der Waals surface area (Å²) in [4.78, 5) is 33.9. The number of nitrogens with two attached hydrogens (primary N) is 1. The normalized spacial score (nSPS) is 17.8. The number of nitrogen functional groups attached to an aromatic ring is 1. The largest absolute Gasteiger partial charge is 0.342 e. The van der Waals surface area contributed by atoms with Crippen LogP contribution in [0.1, 0.15) is 13.8 Å². The van der Waals surface area contributed by atoms with Crippen molar-refractivity contribution in [1.82, 2.24) is 14.9 Å². The smallest absolute Gasteiger partial charge is 0.329 e. The maximum atomic E-state index is 12.3. The molecule has 10 heteroatoms. The molecule has 2 rings (SSSR count). The molecule has 1 aliphatic heterocycles. The Hall–Kier alpha value is -2.49. The minimum absolute atomic E-state index is 0.0535. The van der Waals surface area contributed by atoms with Gasteiger partial charge in [-0.3, -0.25) is 20.3 Å². The Kier molecular flexibility index (Phi) is 3.64.